The van der Waals surface area contributed by atoms with Gasteiger partial charge in [0, 0.05) is 15.5 Å². The fraction of sp³-hybridized carbons (Fsp3) is 0.154. The minimum atomic E-state index is -1.09. The Kier molecular flexibility index (Phi) is 4.59. The monoisotopic (exact) mass is 369 g/mol. The molecule has 1 atom stereocenters. The van der Waals surface area contributed by atoms with Crippen LogP contribution < -0.4 is 11.1 Å². The van der Waals surface area contributed by atoms with Crippen molar-refractivity contribution in [1.82, 2.24) is 10.3 Å². The fourth-order valence-electron chi connectivity index (χ4n) is 1.64. The SMILES string of the molecule is CC(NC(=O)c1cc(N)ccc1Br)c1nc(C(=O)O)cs1. The van der Waals surface area contributed by atoms with Crippen molar-refractivity contribution in [2.75, 3.05) is 5.73 Å². The van der Waals surface area contributed by atoms with Crippen LogP contribution in [0.25, 0.3) is 0 Å². The summed E-state index contributed by atoms with van der Waals surface area (Å²) in [5.41, 5.74) is 6.54. The number of halogens is 1. The van der Waals surface area contributed by atoms with Crippen LogP contribution in [0.4, 0.5) is 5.69 Å². The van der Waals surface area contributed by atoms with Crippen LogP contribution in [-0.4, -0.2) is 22.0 Å². The molecular weight excluding hydrogens is 358 g/mol. The largest absolute Gasteiger partial charge is 0.476 e. The van der Waals surface area contributed by atoms with Gasteiger partial charge in [0.05, 0.1) is 11.6 Å². The summed E-state index contributed by atoms with van der Waals surface area (Å²) >= 11 is 4.48. The second-order valence-electron chi connectivity index (χ2n) is 4.31. The van der Waals surface area contributed by atoms with Gasteiger partial charge in [0.2, 0.25) is 0 Å². The number of nitrogens with two attached hydrogens (primary N) is 1. The molecular formula is C13H12BrN3O3S. The molecule has 0 saturated heterocycles. The number of carboxylic acids is 1. The van der Waals surface area contributed by atoms with Gasteiger partial charge in [-0.25, -0.2) is 9.78 Å². The lowest BCUT2D eigenvalue weighted by Crippen LogP contribution is -2.27. The number of carbonyl (C=O) groups is 2. The predicted octanol–water partition coefficient (Wildman–Crippen LogP) is 2.68. The molecule has 1 unspecified atom stereocenters. The number of amides is 1. The van der Waals surface area contributed by atoms with Gasteiger partial charge in [-0.1, -0.05) is 0 Å². The predicted molar refractivity (Wildman–Crippen MR) is 83.5 cm³/mol. The van der Waals surface area contributed by atoms with Crippen molar-refractivity contribution in [3.05, 3.63) is 44.3 Å². The molecule has 0 saturated carbocycles. The Morgan fingerprint density at radius 3 is 2.81 bits per heavy atom. The number of hydrogen-bond donors (Lipinski definition) is 3. The summed E-state index contributed by atoms with van der Waals surface area (Å²) in [6, 6.07) is 4.55. The maximum absolute atomic E-state index is 12.2. The van der Waals surface area contributed by atoms with Crippen LogP contribution in [0.2, 0.25) is 0 Å². The van der Waals surface area contributed by atoms with Crippen molar-refractivity contribution in [2.45, 2.75) is 13.0 Å². The zero-order chi connectivity index (χ0) is 15.6. The van der Waals surface area contributed by atoms with Crippen LogP contribution in [0.3, 0.4) is 0 Å². The zero-order valence-corrected chi connectivity index (χ0v) is 13.4. The van der Waals surface area contributed by atoms with Crippen LogP contribution >= 0.6 is 27.3 Å². The normalized spacial score (nSPS) is 11.9. The maximum Gasteiger partial charge on any atom is 0.355 e. The molecule has 0 aliphatic rings. The fourth-order valence-corrected chi connectivity index (χ4v) is 2.86. The number of nitrogen functional groups attached to an aromatic ring is 1. The first kappa shape index (κ1) is 15.5. The van der Waals surface area contributed by atoms with E-state index in [2.05, 4.69) is 26.2 Å². The van der Waals surface area contributed by atoms with Gasteiger partial charge in [-0.05, 0) is 41.1 Å². The highest BCUT2D eigenvalue weighted by atomic mass is 79.9. The van der Waals surface area contributed by atoms with Gasteiger partial charge >= 0.3 is 5.97 Å². The highest BCUT2D eigenvalue weighted by molar-refractivity contribution is 9.10. The molecule has 1 amide bonds. The highest BCUT2D eigenvalue weighted by Gasteiger charge is 2.18. The third-order valence-electron chi connectivity index (χ3n) is 2.69. The van der Waals surface area contributed by atoms with Gasteiger partial charge in [-0.3, -0.25) is 4.79 Å². The van der Waals surface area contributed by atoms with Crippen molar-refractivity contribution in [2.24, 2.45) is 0 Å². The van der Waals surface area contributed by atoms with E-state index in [-0.39, 0.29) is 11.6 Å². The first-order valence-electron chi connectivity index (χ1n) is 5.93. The molecule has 4 N–H and O–H groups in total. The molecule has 110 valence electrons. The van der Waals surface area contributed by atoms with E-state index in [4.69, 9.17) is 10.8 Å². The zero-order valence-electron chi connectivity index (χ0n) is 11.0. The molecule has 0 radical (unpaired) electrons. The lowest BCUT2D eigenvalue weighted by atomic mass is 10.2. The van der Waals surface area contributed by atoms with Gasteiger partial charge < -0.3 is 16.2 Å². The van der Waals surface area contributed by atoms with Crippen LogP contribution in [0.1, 0.15) is 38.8 Å². The molecule has 1 aromatic heterocycles. The van der Waals surface area contributed by atoms with E-state index in [0.29, 0.717) is 20.7 Å². The Hall–Kier alpha value is -1.93. The Morgan fingerprint density at radius 2 is 2.19 bits per heavy atom. The molecule has 0 aliphatic heterocycles. The lowest BCUT2D eigenvalue weighted by molar-refractivity contribution is 0.0691. The Labute approximate surface area is 133 Å². The molecule has 0 aliphatic carbocycles. The molecule has 6 nitrogen and oxygen atoms in total. The standard InChI is InChI=1S/C13H12BrN3O3S/c1-6(12-17-10(5-21-12)13(19)20)16-11(18)8-4-7(15)2-3-9(8)14/h2-6H,15H2,1H3,(H,16,18)(H,19,20). The second-order valence-corrected chi connectivity index (χ2v) is 6.05. The van der Waals surface area contributed by atoms with E-state index >= 15 is 0 Å². The molecule has 0 spiro atoms. The number of nitrogens with zero attached hydrogens (tertiary/aromatic N) is 1. The van der Waals surface area contributed by atoms with Crippen molar-refractivity contribution in [1.29, 1.82) is 0 Å². The third kappa shape index (κ3) is 3.59. The molecule has 2 rings (SSSR count). The quantitative estimate of drug-likeness (QED) is 0.718. The molecule has 0 bridgehead atoms. The Balaban J connectivity index is 2.14. The minimum Gasteiger partial charge on any atom is -0.476 e. The van der Waals surface area contributed by atoms with Crippen molar-refractivity contribution >= 4 is 44.8 Å². The molecule has 1 aromatic carbocycles. The molecule has 2 aromatic rings. The van der Waals surface area contributed by atoms with Gasteiger partial charge in [0.15, 0.2) is 5.69 Å². The number of rotatable bonds is 4. The highest BCUT2D eigenvalue weighted by Crippen LogP contribution is 2.22. The van der Waals surface area contributed by atoms with Gasteiger partial charge in [-0.2, -0.15) is 0 Å². The maximum atomic E-state index is 12.2. The molecule has 0 fully saturated rings. The number of carbonyl (C=O) groups excluding carboxylic acids is 1. The van der Waals surface area contributed by atoms with Crippen LogP contribution in [-0.2, 0) is 0 Å². The van der Waals surface area contributed by atoms with Crippen molar-refractivity contribution in [3.63, 3.8) is 0 Å². The number of hydrogen-bond acceptors (Lipinski definition) is 5. The van der Waals surface area contributed by atoms with Crippen molar-refractivity contribution in [3.8, 4) is 0 Å². The van der Waals surface area contributed by atoms with Crippen molar-refractivity contribution < 1.29 is 14.7 Å². The van der Waals surface area contributed by atoms with E-state index in [1.807, 2.05) is 0 Å². The Morgan fingerprint density at radius 1 is 1.48 bits per heavy atom. The molecule has 1 heterocycles. The summed E-state index contributed by atoms with van der Waals surface area (Å²) in [6.45, 7) is 1.74. The number of carboxylic acid groups (broad SMARTS) is 1. The molecule has 21 heavy (non-hydrogen) atoms. The van der Waals surface area contributed by atoms with E-state index < -0.39 is 12.0 Å². The summed E-state index contributed by atoms with van der Waals surface area (Å²) < 4.78 is 0.631. The lowest BCUT2D eigenvalue weighted by Gasteiger charge is -2.12. The summed E-state index contributed by atoms with van der Waals surface area (Å²) in [7, 11) is 0. The number of thiazole rings is 1. The minimum absolute atomic E-state index is 0.0266. The summed E-state index contributed by atoms with van der Waals surface area (Å²) in [5, 5.41) is 13.6. The number of aromatic carboxylic acids is 1. The van der Waals surface area contributed by atoms with Crippen LogP contribution in [0, 0.1) is 0 Å². The van der Waals surface area contributed by atoms with Gasteiger partial charge in [-0.15, -0.1) is 11.3 Å². The second kappa shape index (κ2) is 6.23. The summed E-state index contributed by atoms with van der Waals surface area (Å²) in [5.74, 6) is -1.40. The van der Waals surface area contributed by atoms with E-state index in [1.54, 1.807) is 25.1 Å². The van der Waals surface area contributed by atoms with Gasteiger partial charge in [0.1, 0.15) is 5.01 Å². The van der Waals surface area contributed by atoms with Crippen LogP contribution in [0.15, 0.2) is 28.1 Å². The third-order valence-corrected chi connectivity index (χ3v) is 4.41. The number of anilines is 1. The summed E-state index contributed by atoms with van der Waals surface area (Å²) in [6.07, 6.45) is 0. The number of benzene rings is 1. The molecule has 8 heteroatoms. The Bertz CT molecular complexity index is 702. The number of aromatic nitrogens is 1. The summed E-state index contributed by atoms with van der Waals surface area (Å²) in [4.78, 5) is 27.0. The van der Waals surface area contributed by atoms with E-state index in [0.717, 1.165) is 0 Å². The first-order chi connectivity index (χ1) is 9.88. The van der Waals surface area contributed by atoms with Crippen LogP contribution in [0.5, 0.6) is 0 Å². The smallest absolute Gasteiger partial charge is 0.355 e. The van der Waals surface area contributed by atoms with Gasteiger partial charge in [0.25, 0.3) is 5.91 Å². The first-order valence-corrected chi connectivity index (χ1v) is 7.60. The average Bonchev–Trinajstić information content (AvgIpc) is 2.91. The number of nitrogens with one attached hydrogen (secondary N) is 1. The average molecular weight is 370 g/mol. The topological polar surface area (TPSA) is 105 Å². The van der Waals surface area contributed by atoms with E-state index in [1.165, 1.54) is 16.7 Å². The van der Waals surface area contributed by atoms with E-state index in [9.17, 15) is 9.59 Å².